The predicted molar refractivity (Wildman–Crippen MR) is 102 cm³/mol. The average molecular weight is 345 g/mol. The predicted octanol–water partition coefficient (Wildman–Crippen LogP) is 4.98. The topological polar surface area (TPSA) is 36.3 Å². The van der Waals surface area contributed by atoms with Crippen molar-refractivity contribution in [1.29, 1.82) is 5.26 Å². The van der Waals surface area contributed by atoms with E-state index in [0.717, 1.165) is 6.61 Å². The van der Waals surface area contributed by atoms with Crippen molar-refractivity contribution >= 4 is 8.32 Å². The molecule has 4 heteroatoms. The van der Waals surface area contributed by atoms with Gasteiger partial charge >= 0.3 is 0 Å². The van der Waals surface area contributed by atoms with Crippen LogP contribution in [0.15, 0.2) is 30.3 Å². The summed E-state index contributed by atoms with van der Waals surface area (Å²) in [6, 6.07) is 13.7. The van der Waals surface area contributed by atoms with E-state index in [-0.39, 0.29) is 6.04 Å². The minimum Gasteiger partial charge on any atom is -0.417 e. The molecule has 1 fully saturated rings. The molecule has 0 aliphatic heterocycles. The monoisotopic (exact) mass is 344 g/mol. The third-order valence-electron chi connectivity index (χ3n) is 5.06. The largest absolute Gasteiger partial charge is 0.417 e. The molecule has 0 aromatic heterocycles. The van der Waals surface area contributed by atoms with Crippen molar-refractivity contribution < 1.29 is 4.43 Å². The minimum atomic E-state index is -1.50. The van der Waals surface area contributed by atoms with Crippen molar-refractivity contribution in [2.45, 2.75) is 64.3 Å². The first kappa shape index (κ1) is 19.2. The molecule has 2 rings (SSSR count). The summed E-state index contributed by atoms with van der Waals surface area (Å²) < 4.78 is 6.24. The standard InChI is InChI=1S/C20H32N2OSi/c1-17(18-10-6-5-7-11-18)22(15-14-21)20-13-9-8-12-19(20)16-23-24(2,3)4/h5-7,10-11,17,19-20H,8-9,12-13,15-16H2,1-4H3/t17-,19+,20-/m0/s1. The number of nitriles is 1. The molecule has 1 aliphatic rings. The maximum Gasteiger partial charge on any atom is 0.183 e. The first-order chi connectivity index (χ1) is 11.4. The van der Waals surface area contributed by atoms with E-state index in [9.17, 15) is 5.26 Å². The lowest BCUT2D eigenvalue weighted by Crippen LogP contribution is -2.46. The molecule has 132 valence electrons. The normalized spacial score (nSPS) is 23.0. The van der Waals surface area contributed by atoms with Crippen LogP contribution in [0.25, 0.3) is 0 Å². The Morgan fingerprint density at radius 3 is 2.50 bits per heavy atom. The summed E-state index contributed by atoms with van der Waals surface area (Å²) in [7, 11) is -1.50. The van der Waals surface area contributed by atoms with E-state index in [1.54, 1.807) is 0 Å². The van der Waals surface area contributed by atoms with Gasteiger partial charge in [-0.2, -0.15) is 5.26 Å². The van der Waals surface area contributed by atoms with E-state index in [2.05, 4.69) is 67.9 Å². The Bertz CT molecular complexity index is 535. The zero-order valence-electron chi connectivity index (χ0n) is 15.7. The lowest BCUT2D eigenvalue weighted by molar-refractivity contribution is 0.0543. The Morgan fingerprint density at radius 1 is 1.21 bits per heavy atom. The van der Waals surface area contributed by atoms with Gasteiger partial charge in [-0.1, -0.05) is 43.2 Å². The smallest absolute Gasteiger partial charge is 0.183 e. The highest BCUT2D eigenvalue weighted by molar-refractivity contribution is 6.69. The van der Waals surface area contributed by atoms with Gasteiger partial charge < -0.3 is 4.43 Å². The van der Waals surface area contributed by atoms with Crippen molar-refractivity contribution in [1.82, 2.24) is 4.90 Å². The summed E-state index contributed by atoms with van der Waals surface area (Å²) in [6.07, 6.45) is 4.95. The van der Waals surface area contributed by atoms with Crippen LogP contribution in [0.5, 0.6) is 0 Å². The van der Waals surface area contributed by atoms with E-state index in [1.807, 2.05) is 0 Å². The lowest BCUT2D eigenvalue weighted by Gasteiger charge is -2.42. The second kappa shape index (κ2) is 8.80. The van der Waals surface area contributed by atoms with Gasteiger partial charge in [-0.05, 0) is 50.9 Å². The Labute approximate surface area is 148 Å². The van der Waals surface area contributed by atoms with Gasteiger partial charge in [0.1, 0.15) is 0 Å². The van der Waals surface area contributed by atoms with E-state index in [4.69, 9.17) is 4.43 Å². The van der Waals surface area contributed by atoms with Crippen LogP contribution >= 0.6 is 0 Å². The van der Waals surface area contributed by atoms with Crippen molar-refractivity contribution in [2.75, 3.05) is 13.2 Å². The zero-order valence-corrected chi connectivity index (χ0v) is 16.7. The van der Waals surface area contributed by atoms with Crippen molar-refractivity contribution in [3.05, 3.63) is 35.9 Å². The van der Waals surface area contributed by atoms with Gasteiger partial charge in [-0.3, -0.25) is 4.90 Å². The molecule has 0 saturated heterocycles. The molecule has 1 saturated carbocycles. The molecule has 3 atom stereocenters. The van der Waals surface area contributed by atoms with Crippen LogP contribution in [0.4, 0.5) is 0 Å². The zero-order chi connectivity index (χ0) is 17.6. The molecular formula is C20H32N2OSi. The van der Waals surface area contributed by atoms with Crippen LogP contribution in [-0.4, -0.2) is 32.4 Å². The van der Waals surface area contributed by atoms with Gasteiger partial charge in [0.25, 0.3) is 0 Å². The second-order valence-electron chi connectivity index (χ2n) is 7.95. The molecule has 0 amide bonds. The summed E-state index contributed by atoms with van der Waals surface area (Å²) in [4.78, 5) is 2.41. The molecule has 1 aromatic rings. The Morgan fingerprint density at radius 2 is 1.88 bits per heavy atom. The summed E-state index contributed by atoms with van der Waals surface area (Å²) in [5.74, 6) is 0.546. The quantitative estimate of drug-likeness (QED) is 0.517. The molecule has 3 nitrogen and oxygen atoms in total. The maximum absolute atomic E-state index is 9.39. The number of rotatable bonds is 7. The SMILES string of the molecule is C[C@@H](c1ccccc1)N(CC#N)[C@H]1CCCC[C@@H]1CO[Si](C)(C)C. The fourth-order valence-electron chi connectivity index (χ4n) is 3.72. The Kier molecular flexibility index (Phi) is 7.03. The fourth-order valence-corrected chi connectivity index (χ4v) is 4.44. The number of nitrogens with zero attached hydrogens (tertiary/aromatic N) is 2. The summed E-state index contributed by atoms with van der Waals surface area (Å²) in [5.41, 5.74) is 1.29. The van der Waals surface area contributed by atoms with E-state index in [0.29, 0.717) is 18.5 Å². The summed E-state index contributed by atoms with van der Waals surface area (Å²) in [6.45, 7) is 10.3. The van der Waals surface area contributed by atoms with Crippen LogP contribution in [0.1, 0.15) is 44.2 Å². The van der Waals surface area contributed by atoms with Crippen LogP contribution in [0, 0.1) is 17.2 Å². The highest BCUT2D eigenvalue weighted by atomic mass is 28.4. The summed E-state index contributed by atoms with van der Waals surface area (Å²) in [5, 5.41) is 9.39. The number of hydrogen-bond acceptors (Lipinski definition) is 3. The molecular weight excluding hydrogens is 312 g/mol. The molecule has 1 aliphatic carbocycles. The second-order valence-corrected chi connectivity index (χ2v) is 12.5. The van der Waals surface area contributed by atoms with Crippen molar-refractivity contribution in [2.24, 2.45) is 5.92 Å². The van der Waals surface area contributed by atoms with Crippen LogP contribution < -0.4 is 0 Å². The van der Waals surface area contributed by atoms with Gasteiger partial charge in [0.15, 0.2) is 8.32 Å². The van der Waals surface area contributed by atoms with Crippen LogP contribution in [0.3, 0.4) is 0 Å². The highest BCUT2D eigenvalue weighted by Gasteiger charge is 2.34. The van der Waals surface area contributed by atoms with Crippen molar-refractivity contribution in [3.8, 4) is 6.07 Å². The van der Waals surface area contributed by atoms with E-state index in [1.165, 1.54) is 31.2 Å². The van der Waals surface area contributed by atoms with Gasteiger partial charge in [0.2, 0.25) is 0 Å². The fraction of sp³-hybridized carbons (Fsp3) is 0.650. The molecule has 0 unspecified atom stereocenters. The van der Waals surface area contributed by atoms with Gasteiger partial charge in [-0.25, -0.2) is 0 Å². The molecule has 24 heavy (non-hydrogen) atoms. The molecule has 1 aromatic carbocycles. The highest BCUT2D eigenvalue weighted by Crippen LogP contribution is 2.34. The molecule has 0 bridgehead atoms. The number of benzene rings is 1. The Hall–Kier alpha value is -1.15. The Balaban J connectivity index is 2.15. The molecule has 0 spiro atoms. The first-order valence-electron chi connectivity index (χ1n) is 9.24. The third kappa shape index (κ3) is 5.44. The van der Waals surface area contributed by atoms with Gasteiger partial charge in [0, 0.05) is 18.7 Å². The molecule has 0 radical (unpaired) electrons. The van der Waals surface area contributed by atoms with Gasteiger partial charge in [0.05, 0.1) is 12.6 Å². The van der Waals surface area contributed by atoms with Crippen LogP contribution in [0.2, 0.25) is 19.6 Å². The number of hydrogen-bond donors (Lipinski definition) is 0. The molecule has 0 N–H and O–H groups in total. The molecule has 0 heterocycles. The van der Waals surface area contributed by atoms with Gasteiger partial charge in [-0.15, -0.1) is 0 Å². The van der Waals surface area contributed by atoms with E-state index >= 15 is 0 Å². The lowest BCUT2D eigenvalue weighted by atomic mass is 9.83. The third-order valence-corrected chi connectivity index (χ3v) is 6.09. The van der Waals surface area contributed by atoms with Crippen molar-refractivity contribution in [3.63, 3.8) is 0 Å². The van der Waals surface area contributed by atoms with Crippen LogP contribution in [-0.2, 0) is 4.43 Å². The first-order valence-corrected chi connectivity index (χ1v) is 12.6. The average Bonchev–Trinajstić information content (AvgIpc) is 2.58. The summed E-state index contributed by atoms with van der Waals surface area (Å²) >= 11 is 0. The maximum atomic E-state index is 9.39. The van der Waals surface area contributed by atoms with E-state index < -0.39 is 8.32 Å². The minimum absolute atomic E-state index is 0.267.